The smallest absolute Gasteiger partial charge is 0.336 e. The number of nitrogens with one attached hydrogen (secondary N) is 2. The minimum atomic E-state index is -1.31. The van der Waals surface area contributed by atoms with Gasteiger partial charge in [-0.25, -0.2) is 9.59 Å². The Labute approximate surface area is 194 Å². The van der Waals surface area contributed by atoms with E-state index in [0.29, 0.717) is 11.1 Å². The molecule has 0 unspecified atom stereocenters. The number of rotatable bonds is 6. The summed E-state index contributed by atoms with van der Waals surface area (Å²) in [5.41, 5.74) is 0.455. The molecule has 8 nitrogen and oxygen atoms in total. The summed E-state index contributed by atoms with van der Waals surface area (Å²) in [7, 11) is 0. The Bertz CT molecular complexity index is 1320. The zero-order valence-electron chi connectivity index (χ0n) is 17.5. The molecule has 3 aromatic carbocycles. The lowest BCUT2D eigenvalue weighted by Gasteiger charge is -2.11. The lowest BCUT2D eigenvalue weighted by Crippen LogP contribution is -2.18. The highest BCUT2D eigenvalue weighted by Gasteiger charge is 2.19. The van der Waals surface area contributed by atoms with E-state index in [1.807, 2.05) is 0 Å². The summed E-state index contributed by atoms with van der Waals surface area (Å²) >= 11 is 0. The van der Waals surface area contributed by atoms with E-state index in [0.717, 1.165) is 0 Å². The average molecular weight is 452 g/mol. The molecule has 0 atom stereocenters. The molecule has 0 spiro atoms. The van der Waals surface area contributed by atoms with E-state index >= 15 is 0 Å². The number of hydrogen-bond donors (Lipinski definition) is 4. The SMILES string of the molecule is C#Cc1ccc(C(=O)Nc2cccc(NC(=O)c3ccc(C#C)cc3C(=O)O)c2)c(C(=O)O)c1. The molecule has 0 aliphatic heterocycles. The first-order valence-electron chi connectivity index (χ1n) is 9.64. The third-order valence-corrected chi connectivity index (χ3v) is 4.70. The highest BCUT2D eigenvalue weighted by Crippen LogP contribution is 2.20. The van der Waals surface area contributed by atoms with Crippen LogP contribution < -0.4 is 10.6 Å². The molecule has 0 saturated heterocycles. The fraction of sp³-hybridized carbons (Fsp3) is 0. The minimum absolute atomic E-state index is 0.0966. The molecular formula is C26H16N2O6. The highest BCUT2D eigenvalue weighted by atomic mass is 16.4. The van der Waals surface area contributed by atoms with Crippen LogP contribution in [0.15, 0.2) is 60.7 Å². The second kappa shape index (κ2) is 9.86. The Kier molecular flexibility index (Phi) is 6.76. The molecular weight excluding hydrogens is 436 g/mol. The largest absolute Gasteiger partial charge is 0.478 e. The van der Waals surface area contributed by atoms with Gasteiger partial charge >= 0.3 is 11.9 Å². The lowest BCUT2D eigenvalue weighted by molar-refractivity contribution is 0.0683. The van der Waals surface area contributed by atoms with Crippen LogP contribution in [0, 0.1) is 24.7 Å². The van der Waals surface area contributed by atoms with Gasteiger partial charge in [0.05, 0.1) is 22.3 Å². The van der Waals surface area contributed by atoms with E-state index in [1.54, 1.807) is 6.07 Å². The molecule has 0 aliphatic carbocycles. The number of aromatic carboxylic acids is 2. The predicted molar refractivity (Wildman–Crippen MR) is 125 cm³/mol. The van der Waals surface area contributed by atoms with Crippen molar-refractivity contribution in [3.8, 4) is 24.7 Å². The Morgan fingerprint density at radius 1 is 0.618 bits per heavy atom. The van der Waals surface area contributed by atoms with Crippen LogP contribution in [0.5, 0.6) is 0 Å². The molecule has 8 heteroatoms. The fourth-order valence-electron chi connectivity index (χ4n) is 3.09. The van der Waals surface area contributed by atoms with Crippen molar-refractivity contribution in [3.05, 3.63) is 94.0 Å². The van der Waals surface area contributed by atoms with Crippen LogP contribution in [0.4, 0.5) is 11.4 Å². The minimum Gasteiger partial charge on any atom is -0.478 e. The molecule has 2 amide bonds. The lowest BCUT2D eigenvalue weighted by atomic mass is 10.0. The van der Waals surface area contributed by atoms with Gasteiger partial charge in [0.25, 0.3) is 11.8 Å². The normalized spacial score (nSPS) is 9.82. The van der Waals surface area contributed by atoms with Crippen molar-refractivity contribution in [3.63, 3.8) is 0 Å². The Balaban J connectivity index is 1.83. The Morgan fingerprint density at radius 3 is 1.38 bits per heavy atom. The standard InChI is InChI=1S/C26H16N2O6/c1-3-15-8-10-19(21(12-15)25(31)32)23(29)27-17-6-5-7-18(14-17)28-24(30)20-11-9-16(4-2)13-22(20)26(33)34/h1-2,5-14H,(H,27,29)(H,28,30)(H,31,32)(H,33,34). The van der Waals surface area contributed by atoms with Crippen LogP contribution in [0.25, 0.3) is 0 Å². The van der Waals surface area contributed by atoms with Gasteiger partial charge in [0.15, 0.2) is 0 Å². The number of anilines is 2. The molecule has 4 N–H and O–H groups in total. The predicted octanol–water partition coefficient (Wildman–Crippen LogP) is 3.55. The molecule has 166 valence electrons. The van der Waals surface area contributed by atoms with E-state index in [2.05, 4.69) is 22.5 Å². The van der Waals surface area contributed by atoms with E-state index in [4.69, 9.17) is 12.8 Å². The third kappa shape index (κ3) is 5.10. The van der Waals surface area contributed by atoms with E-state index in [-0.39, 0.29) is 33.6 Å². The highest BCUT2D eigenvalue weighted by molar-refractivity contribution is 6.12. The first-order valence-corrected chi connectivity index (χ1v) is 9.64. The van der Waals surface area contributed by atoms with Gasteiger partial charge in [-0.1, -0.05) is 17.9 Å². The van der Waals surface area contributed by atoms with E-state index in [9.17, 15) is 29.4 Å². The van der Waals surface area contributed by atoms with E-state index < -0.39 is 23.8 Å². The second-order valence-electron chi connectivity index (χ2n) is 6.91. The monoisotopic (exact) mass is 452 g/mol. The van der Waals surface area contributed by atoms with Crippen molar-refractivity contribution < 1.29 is 29.4 Å². The molecule has 0 fully saturated rings. The number of carboxylic acids is 2. The average Bonchev–Trinajstić information content (AvgIpc) is 2.83. The molecule has 0 heterocycles. The van der Waals surface area contributed by atoms with Crippen LogP contribution in [0.2, 0.25) is 0 Å². The van der Waals surface area contributed by atoms with Gasteiger partial charge in [-0.05, 0) is 54.6 Å². The number of amides is 2. The maximum Gasteiger partial charge on any atom is 0.336 e. The molecule has 0 aromatic heterocycles. The van der Waals surface area contributed by atoms with Gasteiger partial charge < -0.3 is 20.8 Å². The van der Waals surface area contributed by atoms with Crippen molar-refractivity contribution in [2.45, 2.75) is 0 Å². The first-order chi connectivity index (χ1) is 16.2. The van der Waals surface area contributed by atoms with E-state index in [1.165, 1.54) is 54.6 Å². The van der Waals surface area contributed by atoms with Gasteiger partial charge in [-0.3, -0.25) is 9.59 Å². The molecule has 3 rings (SSSR count). The zero-order valence-corrected chi connectivity index (χ0v) is 17.5. The molecule has 0 radical (unpaired) electrons. The first kappa shape index (κ1) is 23.3. The molecule has 0 bridgehead atoms. The van der Waals surface area contributed by atoms with Crippen molar-refractivity contribution >= 4 is 35.1 Å². The van der Waals surface area contributed by atoms with Crippen LogP contribution >= 0.6 is 0 Å². The maximum atomic E-state index is 12.7. The Hall–Kier alpha value is -5.34. The zero-order chi connectivity index (χ0) is 24.8. The molecule has 34 heavy (non-hydrogen) atoms. The van der Waals surface area contributed by atoms with Gasteiger partial charge in [-0.15, -0.1) is 12.8 Å². The molecule has 0 saturated carbocycles. The molecule has 0 aliphatic rings. The summed E-state index contributed by atoms with van der Waals surface area (Å²) in [6.07, 6.45) is 10.6. The van der Waals surface area contributed by atoms with Crippen LogP contribution in [0.1, 0.15) is 52.6 Å². The number of terminal acetylenes is 2. The quantitative estimate of drug-likeness (QED) is 0.423. The van der Waals surface area contributed by atoms with Crippen molar-refractivity contribution in [1.82, 2.24) is 0 Å². The van der Waals surface area contributed by atoms with Gasteiger partial charge in [0.1, 0.15) is 0 Å². The second-order valence-corrected chi connectivity index (χ2v) is 6.91. The summed E-state index contributed by atoms with van der Waals surface area (Å²) in [6, 6.07) is 14.0. The van der Waals surface area contributed by atoms with Crippen LogP contribution in [-0.2, 0) is 0 Å². The van der Waals surface area contributed by atoms with Crippen LogP contribution in [0.3, 0.4) is 0 Å². The van der Waals surface area contributed by atoms with Gasteiger partial charge in [0, 0.05) is 22.5 Å². The Morgan fingerprint density at radius 2 is 1.03 bits per heavy atom. The summed E-state index contributed by atoms with van der Waals surface area (Å²) in [5, 5.41) is 23.9. The number of carbonyl (C=O) groups excluding carboxylic acids is 2. The molecule has 3 aromatic rings. The number of carboxylic acid groups (broad SMARTS) is 2. The number of benzene rings is 3. The number of carbonyl (C=O) groups is 4. The van der Waals surface area contributed by atoms with Crippen molar-refractivity contribution in [1.29, 1.82) is 0 Å². The third-order valence-electron chi connectivity index (χ3n) is 4.70. The van der Waals surface area contributed by atoms with Gasteiger partial charge in [0.2, 0.25) is 0 Å². The van der Waals surface area contributed by atoms with Crippen molar-refractivity contribution in [2.75, 3.05) is 10.6 Å². The summed E-state index contributed by atoms with van der Waals surface area (Å²) in [5.74, 6) is 0.618. The summed E-state index contributed by atoms with van der Waals surface area (Å²) in [6.45, 7) is 0. The van der Waals surface area contributed by atoms with Crippen LogP contribution in [-0.4, -0.2) is 34.0 Å². The van der Waals surface area contributed by atoms with Crippen molar-refractivity contribution in [2.24, 2.45) is 0 Å². The van der Waals surface area contributed by atoms with Gasteiger partial charge in [-0.2, -0.15) is 0 Å². The summed E-state index contributed by atoms with van der Waals surface area (Å²) < 4.78 is 0. The fourth-order valence-corrected chi connectivity index (χ4v) is 3.09. The number of hydrogen-bond acceptors (Lipinski definition) is 4. The summed E-state index contributed by atoms with van der Waals surface area (Å²) in [4.78, 5) is 48.4. The topological polar surface area (TPSA) is 133 Å². The maximum absolute atomic E-state index is 12.7.